The Labute approximate surface area is 223 Å². The van der Waals surface area contributed by atoms with E-state index in [9.17, 15) is 19.8 Å². The molecular weight excluding hydrogens is 464 g/mol. The summed E-state index contributed by atoms with van der Waals surface area (Å²) in [6.45, 7) is 15.1. The van der Waals surface area contributed by atoms with E-state index in [4.69, 9.17) is 4.74 Å². The second kappa shape index (κ2) is 8.57. The number of aliphatic hydroxyl groups is 1. The minimum absolute atomic E-state index is 0.0604. The Balaban J connectivity index is 1.39. The molecule has 5 saturated carbocycles. The molecular formula is C32H50O5. The highest BCUT2D eigenvalue weighted by molar-refractivity contribution is 5.85. The third kappa shape index (κ3) is 3.50. The topological polar surface area (TPSA) is 83.8 Å². The van der Waals surface area contributed by atoms with Crippen molar-refractivity contribution < 1.29 is 24.5 Å². The number of rotatable bonds is 6. The van der Waals surface area contributed by atoms with Crippen molar-refractivity contribution in [3.63, 3.8) is 0 Å². The summed E-state index contributed by atoms with van der Waals surface area (Å²) in [5, 5.41) is 21.3. The van der Waals surface area contributed by atoms with E-state index >= 15 is 0 Å². The van der Waals surface area contributed by atoms with Gasteiger partial charge in [0, 0.05) is 23.3 Å². The van der Waals surface area contributed by atoms with Gasteiger partial charge >= 0.3 is 11.9 Å². The van der Waals surface area contributed by atoms with Gasteiger partial charge in [-0.05, 0) is 111 Å². The van der Waals surface area contributed by atoms with Gasteiger partial charge in [0.25, 0.3) is 0 Å². The molecule has 208 valence electrons. The Kier molecular flexibility index (Phi) is 6.30. The molecule has 0 bridgehead atoms. The van der Waals surface area contributed by atoms with Gasteiger partial charge in [-0.3, -0.25) is 4.79 Å². The number of aliphatic hydroxyl groups excluding tert-OH is 1. The molecule has 0 saturated heterocycles. The van der Waals surface area contributed by atoms with Gasteiger partial charge in [-0.1, -0.05) is 40.7 Å². The standard InChI is InChI=1S/C32H50O5/c1-19(9-8-10-20(2)27(35)36)22-11-16-32-18-31(22,32)15-12-23-29(6)14-13-26(37-21(3)33)28(4,5)24(29)17-25(34)30(23,32)7/h10,19,22-26,34H,8-9,11-18H2,1-7H3,(H,35,36)/b20-10-/t19-,22-,23+,24-,25+,26+,29+,30-,31+,32+/m0/s1. The molecule has 2 N–H and O–H groups in total. The van der Waals surface area contributed by atoms with Crippen molar-refractivity contribution in [3.8, 4) is 0 Å². The van der Waals surface area contributed by atoms with Gasteiger partial charge in [-0.25, -0.2) is 4.79 Å². The van der Waals surface area contributed by atoms with Gasteiger partial charge in [-0.2, -0.15) is 0 Å². The van der Waals surface area contributed by atoms with Crippen molar-refractivity contribution in [1.82, 2.24) is 0 Å². The summed E-state index contributed by atoms with van der Waals surface area (Å²) in [6, 6.07) is 0. The SMILES string of the molecule is CC(=O)O[C@@H]1CC[C@]2(C)[C@H]3CC[C@]45C[C@]4(CC[C@H]5[C@@H](C)CC/C=C(/C)C(=O)O)[C@]3(C)[C@H](O)C[C@H]2C1(C)C. The first-order valence-electron chi connectivity index (χ1n) is 14.9. The van der Waals surface area contributed by atoms with Crippen LogP contribution < -0.4 is 0 Å². The van der Waals surface area contributed by atoms with Crippen LogP contribution in [0, 0.1) is 50.7 Å². The van der Waals surface area contributed by atoms with E-state index in [0.29, 0.717) is 34.7 Å². The van der Waals surface area contributed by atoms with Crippen LogP contribution in [0.2, 0.25) is 0 Å². The van der Waals surface area contributed by atoms with Crippen LogP contribution in [0.4, 0.5) is 0 Å². The lowest BCUT2D eigenvalue weighted by atomic mass is 9.37. The second-order valence-electron chi connectivity index (χ2n) is 14.9. The molecule has 0 heterocycles. The molecule has 0 unspecified atom stereocenters. The highest BCUT2D eigenvalue weighted by Gasteiger charge is 2.85. The monoisotopic (exact) mass is 514 g/mol. The van der Waals surface area contributed by atoms with Crippen molar-refractivity contribution in [2.45, 2.75) is 125 Å². The molecule has 5 nitrogen and oxygen atoms in total. The Bertz CT molecular complexity index is 999. The first kappa shape index (κ1) is 27.2. The zero-order chi connectivity index (χ0) is 27.2. The molecule has 0 aliphatic heterocycles. The third-order valence-electron chi connectivity index (χ3n) is 13.5. The normalized spacial score (nSPS) is 48.6. The van der Waals surface area contributed by atoms with Gasteiger partial charge in [-0.15, -0.1) is 0 Å². The van der Waals surface area contributed by atoms with E-state index in [2.05, 4.69) is 34.6 Å². The molecule has 0 aromatic heterocycles. The van der Waals surface area contributed by atoms with Crippen molar-refractivity contribution in [1.29, 1.82) is 0 Å². The highest BCUT2D eigenvalue weighted by atomic mass is 16.5. The number of hydrogen-bond acceptors (Lipinski definition) is 4. The van der Waals surface area contributed by atoms with E-state index in [-0.39, 0.29) is 39.8 Å². The zero-order valence-corrected chi connectivity index (χ0v) is 24.2. The van der Waals surface area contributed by atoms with Crippen LogP contribution in [-0.4, -0.2) is 34.4 Å². The predicted molar refractivity (Wildman–Crippen MR) is 144 cm³/mol. The summed E-state index contributed by atoms with van der Waals surface area (Å²) in [5.41, 5.74) is 1.00. The first-order valence-corrected chi connectivity index (χ1v) is 14.9. The Hall–Kier alpha value is -1.36. The second-order valence-corrected chi connectivity index (χ2v) is 14.9. The molecule has 0 aromatic carbocycles. The summed E-state index contributed by atoms with van der Waals surface area (Å²) in [7, 11) is 0. The van der Waals surface area contributed by atoms with Gasteiger partial charge in [0.1, 0.15) is 6.10 Å². The maximum Gasteiger partial charge on any atom is 0.330 e. The molecule has 37 heavy (non-hydrogen) atoms. The third-order valence-corrected chi connectivity index (χ3v) is 13.5. The fourth-order valence-corrected chi connectivity index (χ4v) is 11.7. The zero-order valence-electron chi connectivity index (χ0n) is 24.2. The summed E-state index contributed by atoms with van der Waals surface area (Å²) in [4.78, 5) is 23.1. The number of hydrogen-bond donors (Lipinski definition) is 2. The number of carboxylic acids is 1. The molecule has 0 aromatic rings. The lowest BCUT2D eigenvalue weighted by Gasteiger charge is -2.68. The molecule has 5 aliphatic carbocycles. The molecule has 5 heteroatoms. The lowest BCUT2D eigenvalue weighted by molar-refractivity contribution is -0.245. The number of aliphatic carboxylic acids is 1. The minimum Gasteiger partial charge on any atom is -0.478 e. The first-order chi connectivity index (χ1) is 17.2. The summed E-state index contributed by atoms with van der Waals surface area (Å²) >= 11 is 0. The molecule has 10 atom stereocenters. The van der Waals surface area contributed by atoms with Crippen LogP contribution in [0.5, 0.6) is 0 Å². The molecule has 5 aliphatic rings. The van der Waals surface area contributed by atoms with Crippen LogP contribution in [0.25, 0.3) is 0 Å². The maximum atomic E-state index is 12.1. The Morgan fingerprint density at radius 2 is 1.73 bits per heavy atom. The fourth-order valence-electron chi connectivity index (χ4n) is 11.7. The minimum atomic E-state index is -0.817. The molecule has 5 rings (SSSR count). The van der Waals surface area contributed by atoms with Crippen molar-refractivity contribution in [2.75, 3.05) is 0 Å². The number of allylic oxidation sites excluding steroid dienone is 1. The molecule has 0 amide bonds. The van der Waals surface area contributed by atoms with Gasteiger partial charge in [0.05, 0.1) is 6.10 Å². The van der Waals surface area contributed by atoms with Crippen molar-refractivity contribution in [3.05, 3.63) is 11.6 Å². The number of ether oxygens (including phenoxy) is 1. The van der Waals surface area contributed by atoms with E-state index in [0.717, 1.165) is 32.1 Å². The quantitative estimate of drug-likeness (QED) is 0.302. The Morgan fingerprint density at radius 1 is 1.03 bits per heavy atom. The number of carbonyl (C=O) groups is 2. The highest BCUT2D eigenvalue weighted by Crippen LogP contribution is 2.90. The van der Waals surface area contributed by atoms with Crippen LogP contribution >= 0.6 is 0 Å². The predicted octanol–water partition coefficient (Wildman–Crippen LogP) is 6.78. The summed E-state index contributed by atoms with van der Waals surface area (Å²) in [5.74, 6) is 1.08. The van der Waals surface area contributed by atoms with E-state index < -0.39 is 5.97 Å². The van der Waals surface area contributed by atoms with Gasteiger partial charge in [0.15, 0.2) is 0 Å². The number of carbonyl (C=O) groups excluding carboxylic acids is 1. The summed E-state index contributed by atoms with van der Waals surface area (Å²) < 4.78 is 5.84. The Morgan fingerprint density at radius 3 is 2.38 bits per heavy atom. The van der Waals surface area contributed by atoms with Crippen molar-refractivity contribution in [2.24, 2.45) is 50.7 Å². The number of carboxylic acid groups (broad SMARTS) is 1. The number of fused-ring (bicyclic) bond motifs is 3. The van der Waals surface area contributed by atoms with Crippen LogP contribution in [0.3, 0.4) is 0 Å². The van der Waals surface area contributed by atoms with E-state index in [1.165, 1.54) is 39.0 Å². The average Bonchev–Trinajstić information content (AvgIpc) is 3.38. The van der Waals surface area contributed by atoms with Crippen LogP contribution in [-0.2, 0) is 14.3 Å². The average molecular weight is 515 g/mol. The molecule has 5 fully saturated rings. The van der Waals surface area contributed by atoms with Crippen molar-refractivity contribution >= 4 is 11.9 Å². The van der Waals surface area contributed by atoms with Crippen LogP contribution in [0.15, 0.2) is 11.6 Å². The lowest BCUT2D eigenvalue weighted by Crippen LogP contribution is -2.66. The molecule has 0 spiro atoms. The number of esters is 1. The largest absolute Gasteiger partial charge is 0.478 e. The van der Waals surface area contributed by atoms with Crippen LogP contribution in [0.1, 0.15) is 113 Å². The van der Waals surface area contributed by atoms with E-state index in [1.807, 2.05) is 6.08 Å². The summed E-state index contributed by atoms with van der Waals surface area (Å²) in [6.07, 6.45) is 12.4. The van der Waals surface area contributed by atoms with Gasteiger partial charge in [0.2, 0.25) is 0 Å². The smallest absolute Gasteiger partial charge is 0.330 e. The van der Waals surface area contributed by atoms with E-state index in [1.54, 1.807) is 6.92 Å². The maximum absolute atomic E-state index is 12.1. The molecule has 0 radical (unpaired) electrons. The fraction of sp³-hybridized carbons (Fsp3) is 0.875. The van der Waals surface area contributed by atoms with Gasteiger partial charge < -0.3 is 14.9 Å².